The molecule has 31 heavy (non-hydrogen) atoms. The van der Waals surface area contributed by atoms with Crippen LogP contribution in [0.4, 0.5) is 19.1 Å². The van der Waals surface area contributed by atoms with Gasteiger partial charge in [-0.05, 0) is 30.5 Å². The number of alkyl halides is 3. The number of hydrogen-bond donors (Lipinski definition) is 1. The molecule has 1 aromatic heterocycles. The Morgan fingerprint density at radius 2 is 1.94 bits per heavy atom. The largest absolute Gasteiger partial charge is 0.478 e. The molecule has 0 aliphatic carbocycles. The summed E-state index contributed by atoms with van der Waals surface area (Å²) >= 11 is 0. The van der Waals surface area contributed by atoms with E-state index >= 15 is 0 Å². The molecule has 2 aromatic rings. The molecule has 0 saturated carbocycles. The molecule has 4 rings (SSSR count). The normalized spacial score (nSPS) is 24.0. The monoisotopic (exact) mass is 437 g/mol. The Morgan fingerprint density at radius 3 is 2.52 bits per heavy atom. The molecule has 166 valence electrons. The summed E-state index contributed by atoms with van der Waals surface area (Å²) in [7, 11) is 0. The van der Waals surface area contributed by atoms with E-state index < -0.39 is 17.7 Å². The minimum atomic E-state index is -4.38. The number of halogens is 3. The van der Waals surface area contributed by atoms with Crippen molar-refractivity contribution in [2.24, 2.45) is 0 Å². The van der Waals surface area contributed by atoms with Crippen LogP contribution >= 0.6 is 0 Å². The predicted molar refractivity (Wildman–Crippen MR) is 104 cm³/mol. The smallest absolute Gasteiger partial charge is 0.416 e. The van der Waals surface area contributed by atoms with Gasteiger partial charge in [0.2, 0.25) is 5.95 Å². The Labute approximate surface area is 176 Å². The van der Waals surface area contributed by atoms with Crippen molar-refractivity contribution in [1.82, 2.24) is 9.97 Å². The molecule has 0 bridgehead atoms. The summed E-state index contributed by atoms with van der Waals surface area (Å²) in [6.07, 6.45) is -0.388. The van der Waals surface area contributed by atoms with Gasteiger partial charge in [0, 0.05) is 31.5 Å². The Kier molecular flexibility index (Phi) is 6.10. The lowest BCUT2D eigenvalue weighted by atomic mass is 9.95. The molecule has 2 saturated heterocycles. The molecule has 3 atom stereocenters. The number of hydrogen-bond acceptors (Lipinski definition) is 6. The van der Waals surface area contributed by atoms with Crippen molar-refractivity contribution >= 4 is 11.9 Å². The lowest BCUT2D eigenvalue weighted by molar-refractivity contribution is -0.137. The van der Waals surface area contributed by atoms with Crippen LogP contribution in [0.2, 0.25) is 0 Å². The average Bonchev–Trinajstić information content (AvgIpc) is 3.42. The van der Waals surface area contributed by atoms with E-state index in [1.54, 1.807) is 0 Å². The quantitative estimate of drug-likeness (QED) is 0.742. The highest BCUT2D eigenvalue weighted by Gasteiger charge is 2.36. The SMILES string of the molecule is O=C(O)c1cnc(N2CC(c3ccc(C(F)(F)F)cc3)C[C@H]2COC2CCOC2)nc1. The maximum Gasteiger partial charge on any atom is 0.416 e. The predicted octanol–water partition coefficient (Wildman–Crippen LogP) is 3.36. The Balaban J connectivity index is 1.52. The average molecular weight is 437 g/mol. The minimum absolute atomic E-state index is 0.0156. The van der Waals surface area contributed by atoms with Gasteiger partial charge in [0.1, 0.15) is 0 Å². The van der Waals surface area contributed by atoms with Gasteiger partial charge in [-0.3, -0.25) is 0 Å². The third-order valence-electron chi connectivity index (χ3n) is 5.68. The first-order valence-corrected chi connectivity index (χ1v) is 9.99. The fourth-order valence-electron chi connectivity index (χ4n) is 3.98. The number of aromatic nitrogens is 2. The summed E-state index contributed by atoms with van der Waals surface area (Å²) in [6.45, 7) is 2.09. The van der Waals surface area contributed by atoms with Crippen molar-refractivity contribution in [3.05, 3.63) is 53.3 Å². The number of carboxylic acids is 1. The number of nitrogens with zero attached hydrogens (tertiary/aromatic N) is 3. The zero-order valence-electron chi connectivity index (χ0n) is 16.6. The van der Waals surface area contributed by atoms with E-state index in [4.69, 9.17) is 14.6 Å². The van der Waals surface area contributed by atoms with Gasteiger partial charge in [0.15, 0.2) is 0 Å². The molecule has 0 radical (unpaired) electrons. The van der Waals surface area contributed by atoms with E-state index in [-0.39, 0.29) is 23.6 Å². The summed E-state index contributed by atoms with van der Waals surface area (Å²) in [4.78, 5) is 21.4. The zero-order valence-corrected chi connectivity index (χ0v) is 16.6. The highest BCUT2D eigenvalue weighted by Crippen LogP contribution is 2.36. The molecule has 1 N–H and O–H groups in total. The van der Waals surface area contributed by atoms with Crippen LogP contribution in [-0.4, -0.2) is 59.6 Å². The summed E-state index contributed by atoms with van der Waals surface area (Å²) in [6, 6.07) is 5.11. The van der Waals surface area contributed by atoms with Crippen LogP contribution < -0.4 is 4.90 Å². The second kappa shape index (κ2) is 8.80. The second-order valence-corrected chi connectivity index (χ2v) is 7.75. The van der Waals surface area contributed by atoms with Crippen LogP contribution in [0, 0.1) is 0 Å². The van der Waals surface area contributed by atoms with E-state index in [9.17, 15) is 18.0 Å². The molecule has 3 heterocycles. The van der Waals surface area contributed by atoms with Crippen LogP contribution in [-0.2, 0) is 15.7 Å². The number of ether oxygens (including phenoxy) is 2. The Morgan fingerprint density at radius 1 is 1.23 bits per heavy atom. The number of benzene rings is 1. The van der Waals surface area contributed by atoms with Crippen molar-refractivity contribution in [2.45, 2.75) is 37.1 Å². The minimum Gasteiger partial charge on any atom is -0.478 e. The van der Waals surface area contributed by atoms with E-state index in [1.165, 1.54) is 24.5 Å². The van der Waals surface area contributed by atoms with Gasteiger partial charge in [0.25, 0.3) is 0 Å². The Bertz CT molecular complexity index is 900. The van der Waals surface area contributed by atoms with Gasteiger partial charge in [-0.2, -0.15) is 13.2 Å². The summed E-state index contributed by atoms with van der Waals surface area (Å²) < 4.78 is 50.0. The van der Waals surface area contributed by atoms with Crippen molar-refractivity contribution < 1.29 is 32.5 Å². The van der Waals surface area contributed by atoms with Gasteiger partial charge >= 0.3 is 12.1 Å². The first-order valence-electron chi connectivity index (χ1n) is 9.99. The summed E-state index contributed by atoms with van der Waals surface area (Å²) in [5.74, 6) is -0.772. The van der Waals surface area contributed by atoms with Crippen LogP contribution in [0.25, 0.3) is 0 Å². The lowest BCUT2D eigenvalue weighted by Gasteiger charge is -2.25. The standard InChI is InChI=1S/C21H22F3N3O4/c22-21(23,24)16-3-1-13(2-4-16)14-7-17(11-31-18-5-6-30-12-18)27(10-14)20-25-8-15(9-26-20)19(28)29/h1-4,8-9,14,17-18H,5-7,10-12H2,(H,28,29)/t14?,17-,18?/m0/s1. The maximum absolute atomic E-state index is 12.9. The molecule has 2 unspecified atom stereocenters. The number of anilines is 1. The van der Waals surface area contributed by atoms with E-state index in [0.717, 1.165) is 24.1 Å². The fraction of sp³-hybridized carbons (Fsp3) is 0.476. The number of carboxylic acid groups (broad SMARTS) is 1. The van der Waals surface area contributed by atoms with E-state index in [1.807, 2.05) is 4.90 Å². The lowest BCUT2D eigenvalue weighted by Crippen LogP contribution is -2.36. The van der Waals surface area contributed by atoms with Crippen LogP contribution in [0.5, 0.6) is 0 Å². The van der Waals surface area contributed by atoms with Gasteiger partial charge in [0.05, 0.1) is 36.5 Å². The number of aromatic carboxylic acids is 1. The molecule has 10 heteroatoms. The third-order valence-corrected chi connectivity index (χ3v) is 5.68. The molecular weight excluding hydrogens is 415 g/mol. The van der Waals surface area contributed by atoms with E-state index in [2.05, 4.69) is 9.97 Å². The highest BCUT2D eigenvalue weighted by atomic mass is 19.4. The first kappa shape index (κ1) is 21.5. The number of carbonyl (C=O) groups is 1. The van der Waals surface area contributed by atoms with Crippen molar-refractivity contribution in [2.75, 3.05) is 31.3 Å². The highest BCUT2D eigenvalue weighted by molar-refractivity contribution is 5.86. The van der Waals surface area contributed by atoms with Gasteiger partial charge < -0.3 is 19.5 Å². The fourth-order valence-corrected chi connectivity index (χ4v) is 3.98. The maximum atomic E-state index is 12.9. The summed E-state index contributed by atoms with van der Waals surface area (Å²) in [5.41, 5.74) is 0.102. The molecule has 1 aromatic carbocycles. The molecule has 2 aliphatic heterocycles. The molecule has 0 spiro atoms. The molecule has 0 amide bonds. The van der Waals surface area contributed by atoms with Gasteiger partial charge in [-0.15, -0.1) is 0 Å². The van der Waals surface area contributed by atoms with Crippen LogP contribution in [0.15, 0.2) is 36.7 Å². The molecule has 2 fully saturated rings. The van der Waals surface area contributed by atoms with Crippen LogP contribution in [0.1, 0.15) is 40.2 Å². The topological polar surface area (TPSA) is 84.8 Å². The first-order chi connectivity index (χ1) is 14.8. The molecule has 7 nitrogen and oxygen atoms in total. The van der Waals surface area contributed by atoms with Gasteiger partial charge in [-0.1, -0.05) is 12.1 Å². The van der Waals surface area contributed by atoms with Crippen molar-refractivity contribution in [1.29, 1.82) is 0 Å². The summed E-state index contributed by atoms with van der Waals surface area (Å²) in [5, 5.41) is 9.06. The molecular formula is C21H22F3N3O4. The number of rotatable bonds is 6. The van der Waals surface area contributed by atoms with Crippen molar-refractivity contribution in [3.8, 4) is 0 Å². The third kappa shape index (κ3) is 4.96. The van der Waals surface area contributed by atoms with Crippen LogP contribution in [0.3, 0.4) is 0 Å². The van der Waals surface area contributed by atoms with Crippen molar-refractivity contribution in [3.63, 3.8) is 0 Å². The Hall–Kier alpha value is -2.72. The zero-order chi connectivity index (χ0) is 22.0. The molecule has 2 aliphatic rings. The van der Waals surface area contributed by atoms with E-state index in [0.29, 0.717) is 38.7 Å². The van der Waals surface area contributed by atoms with Gasteiger partial charge in [-0.25, -0.2) is 14.8 Å². The second-order valence-electron chi connectivity index (χ2n) is 7.75.